The number of urea groups is 1. The number of ether oxygens (including phenoxy) is 1. The molecule has 8 heteroatoms. The second-order valence-corrected chi connectivity index (χ2v) is 11.1. The zero-order valence-electron chi connectivity index (χ0n) is 18.9. The number of aromatic hydroxyl groups is 1. The Hall–Kier alpha value is -2.35. The minimum Gasteiger partial charge on any atom is -0.503 e. The van der Waals surface area contributed by atoms with E-state index in [2.05, 4.69) is 21.2 Å². The van der Waals surface area contributed by atoms with Crippen LogP contribution < -0.4 is 10.1 Å². The fraction of sp³-hybridized carbons (Fsp3) is 0.560. The van der Waals surface area contributed by atoms with Gasteiger partial charge in [0.15, 0.2) is 11.5 Å². The number of barbiturate groups is 1. The van der Waals surface area contributed by atoms with E-state index in [-0.39, 0.29) is 28.5 Å². The first kappa shape index (κ1) is 22.4. The fourth-order valence-electron chi connectivity index (χ4n) is 7.10. The molecule has 1 aliphatic heterocycles. The molecule has 0 spiro atoms. The van der Waals surface area contributed by atoms with Crippen LogP contribution in [0, 0.1) is 23.2 Å². The van der Waals surface area contributed by atoms with Crippen molar-refractivity contribution in [3.63, 3.8) is 0 Å². The highest BCUT2D eigenvalue weighted by molar-refractivity contribution is 9.10. The minimum atomic E-state index is -0.707. The molecule has 7 nitrogen and oxygen atoms in total. The standard InChI is InChI=1S/C25H29BrN2O5/c1-3-33-20-9-14(8-19(26)21(20)29)7-18-22(30)27-24(32)28(23(18)31)13(2)25-10-15-4-16(11-25)6-17(5-15)12-25/h7-9,13,15-17,29H,3-6,10-12H2,1-2H3,(H,27,30,32)/b18-7+. The molecule has 1 saturated heterocycles. The number of imide groups is 2. The molecule has 6 rings (SSSR count). The van der Waals surface area contributed by atoms with Gasteiger partial charge in [-0.25, -0.2) is 4.79 Å². The Labute approximate surface area is 201 Å². The molecule has 33 heavy (non-hydrogen) atoms. The second-order valence-electron chi connectivity index (χ2n) is 10.2. The summed E-state index contributed by atoms with van der Waals surface area (Å²) >= 11 is 3.29. The summed E-state index contributed by atoms with van der Waals surface area (Å²) in [5.74, 6) is 0.983. The summed E-state index contributed by atoms with van der Waals surface area (Å²) in [6.45, 7) is 4.12. The number of hydrogen-bond donors (Lipinski definition) is 2. The molecule has 1 heterocycles. The van der Waals surface area contributed by atoms with E-state index < -0.39 is 17.8 Å². The number of phenols is 1. The van der Waals surface area contributed by atoms with Crippen LogP contribution in [0.5, 0.6) is 11.5 Å². The van der Waals surface area contributed by atoms with Gasteiger partial charge in [-0.05, 0) is 115 Å². The van der Waals surface area contributed by atoms with Crippen molar-refractivity contribution in [2.45, 2.75) is 58.4 Å². The lowest BCUT2D eigenvalue weighted by Gasteiger charge is -2.60. The number of phenolic OH excluding ortho intramolecular Hbond substituents is 1. The summed E-state index contributed by atoms with van der Waals surface area (Å²) in [4.78, 5) is 40.3. The van der Waals surface area contributed by atoms with E-state index in [1.807, 2.05) is 6.92 Å². The van der Waals surface area contributed by atoms with Crippen LogP contribution >= 0.6 is 15.9 Å². The number of amides is 4. The van der Waals surface area contributed by atoms with Crippen LogP contribution in [0.2, 0.25) is 0 Å². The third-order valence-corrected chi connectivity index (χ3v) is 8.76. The number of carbonyl (C=O) groups excluding carboxylic acids is 3. The second kappa shape index (κ2) is 8.15. The summed E-state index contributed by atoms with van der Waals surface area (Å²) in [5.41, 5.74) is 0.362. The number of halogens is 1. The topological polar surface area (TPSA) is 95.9 Å². The van der Waals surface area contributed by atoms with Crippen LogP contribution in [0.15, 0.2) is 22.2 Å². The van der Waals surface area contributed by atoms with Crippen LogP contribution in [0.25, 0.3) is 6.08 Å². The van der Waals surface area contributed by atoms with E-state index in [1.165, 1.54) is 30.2 Å². The van der Waals surface area contributed by atoms with Gasteiger partial charge in [0.05, 0.1) is 11.1 Å². The summed E-state index contributed by atoms with van der Waals surface area (Å²) in [7, 11) is 0. The molecular weight excluding hydrogens is 488 g/mol. The molecule has 1 aromatic rings. The SMILES string of the molecule is CCOc1cc(/C=C2\C(=O)NC(=O)N(C(C)C34CC5CC(CC(C5)C3)C4)C2=O)cc(Br)c1O. The number of rotatable bonds is 5. The van der Waals surface area contributed by atoms with Crippen molar-refractivity contribution < 1.29 is 24.2 Å². The first-order valence-electron chi connectivity index (χ1n) is 11.8. The molecule has 176 valence electrons. The van der Waals surface area contributed by atoms with Crippen LogP contribution in [-0.4, -0.2) is 40.5 Å². The number of carbonyl (C=O) groups is 3. The normalized spacial score (nSPS) is 32.9. The Morgan fingerprint density at radius 2 is 1.79 bits per heavy atom. The number of hydrogen-bond acceptors (Lipinski definition) is 5. The molecule has 4 amide bonds. The predicted octanol–water partition coefficient (Wildman–Crippen LogP) is 4.62. The predicted molar refractivity (Wildman–Crippen MR) is 125 cm³/mol. The van der Waals surface area contributed by atoms with Crippen molar-refractivity contribution in [3.05, 3.63) is 27.7 Å². The van der Waals surface area contributed by atoms with E-state index in [9.17, 15) is 19.5 Å². The maximum absolute atomic E-state index is 13.5. The van der Waals surface area contributed by atoms with Gasteiger partial charge >= 0.3 is 6.03 Å². The number of nitrogens with one attached hydrogen (secondary N) is 1. The maximum Gasteiger partial charge on any atom is 0.331 e. The van der Waals surface area contributed by atoms with Crippen LogP contribution in [0.1, 0.15) is 57.9 Å². The molecule has 0 radical (unpaired) electrons. The zero-order chi connectivity index (χ0) is 23.5. The van der Waals surface area contributed by atoms with Gasteiger partial charge in [-0.2, -0.15) is 0 Å². The first-order valence-corrected chi connectivity index (χ1v) is 12.6. The average Bonchev–Trinajstić information content (AvgIpc) is 2.73. The zero-order valence-corrected chi connectivity index (χ0v) is 20.5. The Morgan fingerprint density at radius 1 is 1.18 bits per heavy atom. The van der Waals surface area contributed by atoms with Gasteiger partial charge in [-0.15, -0.1) is 0 Å². The summed E-state index contributed by atoms with van der Waals surface area (Å²) in [6.07, 6.45) is 8.41. The molecule has 1 aromatic carbocycles. The van der Waals surface area contributed by atoms with E-state index in [0.717, 1.165) is 19.3 Å². The van der Waals surface area contributed by atoms with Gasteiger partial charge in [-0.1, -0.05) is 0 Å². The van der Waals surface area contributed by atoms with Crippen LogP contribution in [0.4, 0.5) is 4.79 Å². The molecule has 2 N–H and O–H groups in total. The van der Waals surface area contributed by atoms with E-state index in [0.29, 0.717) is 34.4 Å². The summed E-state index contributed by atoms with van der Waals surface area (Å²) < 4.78 is 5.84. The molecule has 1 unspecified atom stereocenters. The highest BCUT2D eigenvalue weighted by Crippen LogP contribution is 2.62. The third-order valence-electron chi connectivity index (χ3n) is 8.15. The molecule has 4 saturated carbocycles. The molecule has 5 fully saturated rings. The lowest BCUT2D eigenvalue weighted by Crippen LogP contribution is -2.63. The van der Waals surface area contributed by atoms with Crippen molar-refractivity contribution in [2.24, 2.45) is 23.2 Å². The average molecular weight is 517 g/mol. The quantitative estimate of drug-likeness (QED) is 0.439. The largest absolute Gasteiger partial charge is 0.503 e. The van der Waals surface area contributed by atoms with Crippen LogP contribution in [-0.2, 0) is 9.59 Å². The van der Waals surface area contributed by atoms with Crippen molar-refractivity contribution in [3.8, 4) is 11.5 Å². The molecule has 5 aliphatic rings. The van der Waals surface area contributed by atoms with Gasteiger partial charge in [0, 0.05) is 6.04 Å². The Bertz CT molecular complexity index is 1030. The van der Waals surface area contributed by atoms with Crippen LogP contribution in [0.3, 0.4) is 0 Å². The highest BCUT2D eigenvalue weighted by Gasteiger charge is 2.56. The maximum atomic E-state index is 13.5. The van der Waals surface area contributed by atoms with Crippen molar-refractivity contribution in [2.75, 3.05) is 6.61 Å². The smallest absolute Gasteiger partial charge is 0.331 e. The van der Waals surface area contributed by atoms with Gasteiger partial charge < -0.3 is 9.84 Å². The first-order chi connectivity index (χ1) is 15.7. The van der Waals surface area contributed by atoms with Gasteiger partial charge in [0.2, 0.25) is 0 Å². The van der Waals surface area contributed by atoms with Gasteiger partial charge in [0.25, 0.3) is 11.8 Å². The van der Waals surface area contributed by atoms with E-state index in [1.54, 1.807) is 19.1 Å². The third kappa shape index (κ3) is 3.76. The number of nitrogens with zero attached hydrogens (tertiary/aromatic N) is 1. The summed E-state index contributed by atoms with van der Waals surface area (Å²) in [6, 6.07) is 2.27. The number of benzene rings is 1. The van der Waals surface area contributed by atoms with Crippen molar-refractivity contribution >= 4 is 39.9 Å². The molecule has 4 bridgehead atoms. The summed E-state index contributed by atoms with van der Waals surface area (Å²) in [5, 5.41) is 12.5. The van der Waals surface area contributed by atoms with Crippen molar-refractivity contribution in [1.29, 1.82) is 0 Å². The minimum absolute atomic E-state index is 0.0503. The molecular formula is C25H29BrN2O5. The Morgan fingerprint density at radius 3 is 2.36 bits per heavy atom. The lowest BCUT2D eigenvalue weighted by atomic mass is 9.47. The van der Waals surface area contributed by atoms with Gasteiger partial charge in [0.1, 0.15) is 5.57 Å². The molecule has 4 aliphatic carbocycles. The molecule has 1 atom stereocenters. The monoisotopic (exact) mass is 516 g/mol. The Balaban J connectivity index is 1.47. The lowest BCUT2D eigenvalue weighted by molar-refractivity contribution is -0.139. The van der Waals surface area contributed by atoms with E-state index in [4.69, 9.17) is 4.74 Å². The molecule has 0 aromatic heterocycles. The van der Waals surface area contributed by atoms with Gasteiger partial charge in [-0.3, -0.25) is 19.8 Å². The highest BCUT2D eigenvalue weighted by atomic mass is 79.9. The van der Waals surface area contributed by atoms with Crippen molar-refractivity contribution in [1.82, 2.24) is 10.2 Å². The fourth-order valence-corrected chi connectivity index (χ4v) is 7.56. The Kier molecular flexibility index (Phi) is 5.54. The van der Waals surface area contributed by atoms with E-state index >= 15 is 0 Å².